The van der Waals surface area contributed by atoms with Crippen molar-refractivity contribution < 1.29 is 4.74 Å². The van der Waals surface area contributed by atoms with Crippen molar-refractivity contribution in [2.75, 3.05) is 18.5 Å². The number of anilines is 1. The lowest BCUT2D eigenvalue weighted by atomic mass is 10.0. The molecule has 0 amide bonds. The molecule has 1 rings (SSSR count). The van der Waals surface area contributed by atoms with Crippen molar-refractivity contribution >= 4 is 5.69 Å². The van der Waals surface area contributed by atoms with E-state index in [4.69, 9.17) is 4.74 Å². The summed E-state index contributed by atoms with van der Waals surface area (Å²) in [5.74, 6) is 0.759. The Kier molecular flexibility index (Phi) is 6.71. The molecule has 0 aliphatic heterocycles. The predicted octanol–water partition coefficient (Wildman–Crippen LogP) is 4.07. The summed E-state index contributed by atoms with van der Waals surface area (Å²) in [7, 11) is 0. The highest BCUT2D eigenvalue weighted by molar-refractivity contribution is 5.50. The van der Waals surface area contributed by atoms with Crippen LogP contribution in [0.2, 0.25) is 0 Å². The van der Waals surface area contributed by atoms with Gasteiger partial charge in [0.1, 0.15) is 0 Å². The number of rotatable bonds is 8. The topological polar surface area (TPSA) is 21.3 Å². The summed E-state index contributed by atoms with van der Waals surface area (Å²) in [6, 6.07) is 8.41. The summed E-state index contributed by atoms with van der Waals surface area (Å²) in [5, 5.41) is 3.54. The van der Waals surface area contributed by atoms with Gasteiger partial charge < -0.3 is 10.1 Å². The first-order valence-corrected chi connectivity index (χ1v) is 6.71. The molecule has 1 aromatic rings. The molecule has 2 nitrogen and oxygen atoms in total. The van der Waals surface area contributed by atoms with Gasteiger partial charge in [-0.3, -0.25) is 0 Å². The van der Waals surface area contributed by atoms with Gasteiger partial charge in [0.15, 0.2) is 0 Å². The van der Waals surface area contributed by atoms with Crippen LogP contribution < -0.4 is 5.32 Å². The molecule has 0 aromatic heterocycles. The fourth-order valence-electron chi connectivity index (χ4n) is 1.86. The third kappa shape index (κ3) is 4.78. The molecule has 0 atom stereocenters. The molecule has 0 spiro atoms. The van der Waals surface area contributed by atoms with Crippen LogP contribution in [0.15, 0.2) is 24.3 Å². The summed E-state index contributed by atoms with van der Waals surface area (Å²) >= 11 is 0. The number of hydrogen-bond donors (Lipinski definition) is 1. The predicted molar refractivity (Wildman–Crippen MR) is 74.3 cm³/mol. The van der Waals surface area contributed by atoms with Crippen molar-refractivity contribution in [2.24, 2.45) is 5.92 Å². The highest BCUT2D eigenvalue weighted by Crippen LogP contribution is 2.17. The maximum atomic E-state index is 5.48. The van der Waals surface area contributed by atoms with Crippen LogP contribution >= 0.6 is 0 Å². The first-order valence-electron chi connectivity index (χ1n) is 6.71. The van der Waals surface area contributed by atoms with Crippen molar-refractivity contribution in [3.63, 3.8) is 0 Å². The Bertz CT molecular complexity index is 308. The van der Waals surface area contributed by atoms with Crippen LogP contribution in [0.1, 0.15) is 39.2 Å². The normalized spacial score (nSPS) is 10.8. The van der Waals surface area contributed by atoms with E-state index in [-0.39, 0.29) is 0 Å². The van der Waals surface area contributed by atoms with E-state index in [1.165, 1.54) is 24.1 Å². The third-order valence-electron chi connectivity index (χ3n) is 3.21. The minimum absolute atomic E-state index is 0.697. The van der Waals surface area contributed by atoms with Crippen LogP contribution in [-0.2, 0) is 11.3 Å². The molecule has 1 aromatic carbocycles. The average molecular weight is 235 g/mol. The van der Waals surface area contributed by atoms with Gasteiger partial charge >= 0.3 is 0 Å². The van der Waals surface area contributed by atoms with Crippen LogP contribution in [0.3, 0.4) is 0 Å². The lowest BCUT2D eigenvalue weighted by molar-refractivity contribution is 0.134. The van der Waals surface area contributed by atoms with E-state index < -0.39 is 0 Å². The highest BCUT2D eigenvalue weighted by Gasteiger charge is 2.05. The Morgan fingerprint density at radius 1 is 1.12 bits per heavy atom. The van der Waals surface area contributed by atoms with Gasteiger partial charge in [-0.25, -0.2) is 0 Å². The van der Waals surface area contributed by atoms with E-state index >= 15 is 0 Å². The summed E-state index contributed by atoms with van der Waals surface area (Å²) in [5.41, 5.74) is 2.47. The molecule has 0 radical (unpaired) electrons. The van der Waals surface area contributed by atoms with E-state index in [9.17, 15) is 0 Å². The van der Waals surface area contributed by atoms with Gasteiger partial charge in [0.05, 0.1) is 6.61 Å². The van der Waals surface area contributed by atoms with Gasteiger partial charge in [-0.1, -0.05) is 44.9 Å². The third-order valence-corrected chi connectivity index (χ3v) is 3.21. The van der Waals surface area contributed by atoms with Crippen molar-refractivity contribution in [1.29, 1.82) is 0 Å². The van der Waals surface area contributed by atoms with Gasteiger partial charge in [0.2, 0.25) is 0 Å². The molecular formula is C15H25NO. The van der Waals surface area contributed by atoms with Crippen molar-refractivity contribution in [2.45, 2.75) is 40.2 Å². The van der Waals surface area contributed by atoms with Gasteiger partial charge in [-0.15, -0.1) is 0 Å². The second-order valence-electron chi connectivity index (χ2n) is 4.36. The maximum absolute atomic E-state index is 5.48. The zero-order valence-corrected chi connectivity index (χ0v) is 11.3. The van der Waals surface area contributed by atoms with Crippen LogP contribution in [0, 0.1) is 5.92 Å². The first kappa shape index (κ1) is 14.0. The number of nitrogens with one attached hydrogen (secondary N) is 1. The number of ether oxygens (including phenoxy) is 1. The summed E-state index contributed by atoms with van der Waals surface area (Å²) in [6.07, 6.45) is 2.47. The molecular weight excluding hydrogens is 210 g/mol. The van der Waals surface area contributed by atoms with E-state index in [1.54, 1.807) is 0 Å². The van der Waals surface area contributed by atoms with Gasteiger partial charge in [-0.2, -0.15) is 0 Å². The molecule has 0 fully saturated rings. The van der Waals surface area contributed by atoms with Crippen LogP contribution in [0.25, 0.3) is 0 Å². The Morgan fingerprint density at radius 3 is 2.47 bits per heavy atom. The average Bonchev–Trinajstić information content (AvgIpc) is 2.38. The molecule has 0 saturated carbocycles. The molecule has 96 valence electrons. The Hall–Kier alpha value is -1.02. The number of hydrogen-bond acceptors (Lipinski definition) is 2. The van der Waals surface area contributed by atoms with E-state index in [1.807, 2.05) is 6.92 Å². The maximum Gasteiger partial charge on any atom is 0.0736 e. The Balaban J connectivity index is 2.56. The molecule has 2 heteroatoms. The second kappa shape index (κ2) is 8.13. The molecule has 17 heavy (non-hydrogen) atoms. The fourth-order valence-corrected chi connectivity index (χ4v) is 1.86. The molecule has 0 aliphatic rings. The first-order chi connectivity index (χ1) is 8.31. The zero-order chi connectivity index (χ0) is 12.5. The zero-order valence-electron chi connectivity index (χ0n) is 11.3. The van der Waals surface area contributed by atoms with Crippen LogP contribution in [0.4, 0.5) is 5.69 Å². The largest absolute Gasteiger partial charge is 0.384 e. The minimum Gasteiger partial charge on any atom is -0.384 e. The monoisotopic (exact) mass is 235 g/mol. The molecule has 0 saturated heterocycles. The Labute approximate surface area is 105 Å². The van der Waals surface area contributed by atoms with Crippen molar-refractivity contribution in [3.8, 4) is 0 Å². The summed E-state index contributed by atoms with van der Waals surface area (Å²) in [6.45, 7) is 9.05. The standard InChI is InChI=1S/C15H25NO/c1-4-13(5-2)11-16-15-10-8-7-9-14(15)12-17-6-3/h7-10,13,16H,4-6,11-12H2,1-3H3. The lowest BCUT2D eigenvalue weighted by Crippen LogP contribution is -2.14. The van der Waals surface area contributed by atoms with Gasteiger partial charge in [-0.05, 0) is 18.9 Å². The second-order valence-corrected chi connectivity index (χ2v) is 4.36. The van der Waals surface area contributed by atoms with E-state index in [2.05, 4.69) is 43.4 Å². The van der Waals surface area contributed by atoms with E-state index in [0.29, 0.717) is 6.61 Å². The molecule has 0 aliphatic carbocycles. The smallest absolute Gasteiger partial charge is 0.0736 e. The van der Waals surface area contributed by atoms with Crippen molar-refractivity contribution in [3.05, 3.63) is 29.8 Å². The van der Waals surface area contributed by atoms with Crippen LogP contribution in [-0.4, -0.2) is 13.2 Å². The quantitative estimate of drug-likeness (QED) is 0.733. The van der Waals surface area contributed by atoms with Gasteiger partial charge in [0, 0.05) is 24.4 Å². The van der Waals surface area contributed by atoms with E-state index in [0.717, 1.165) is 19.1 Å². The number of para-hydroxylation sites is 1. The minimum atomic E-state index is 0.697. The summed E-state index contributed by atoms with van der Waals surface area (Å²) in [4.78, 5) is 0. The molecule has 0 unspecified atom stereocenters. The summed E-state index contributed by atoms with van der Waals surface area (Å²) < 4.78 is 5.48. The molecule has 0 bridgehead atoms. The number of benzene rings is 1. The fraction of sp³-hybridized carbons (Fsp3) is 0.600. The van der Waals surface area contributed by atoms with Crippen molar-refractivity contribution in [1.82, 2.24) is 0 Å². The lowest BCUT2D eigenvalue weighted by Gasteiger charge is -2.16. The molecule has 0 heterocycles. The van der Waals surface area contributed by atoms with Gasteiger partial charge in [0.25, 0.3) is 0 Å². The molecule has 1 N–H and O–H groups in total. The Morgan fingerprint density at radius 2 is 1.82 bits per heavy atom. The van der Waals surface area contributed by atoms with Crippen LogP contribution in [0.5, 0.6) is 0 Å². The highest BCUT2D eigenvalue weighted by atomic mass is 16.5. The SMILES string of the molecule is CCOCc1ccccc1NCC(CC)CC.